The molecule has 0 radical (unpaired) electrons. The number of likely N-dealkylation sites (tertiary alicyclic amines) is 1. The maximum Gasteiger partial charge on any atom is 0.227 e. The summed E-state index contributed by atoms with van der Waals surface area (Å²) in [6.07, 6.45) is 1.33. The standard InChI is InChI=1S/C21H33ClN6O.CH4.2H2O/c1-14(2)18(23-20(29)11-19-24-26-27-25-19)12-28-10-9-17(21(3,4)13-28)15-5-7-16(22)8-6-15;;;/h5-8,14,17-18,26-27H,9-13H2,1-4H3,(H,23,29)(H,24,25);1H4;2*1H2/t17-,18+;;;/m1.../s1. The number of amidine groups is 1. The molecule has 0 unspecified atom stereocenters. The molecule has 10 heteroatoms. The smallest absolute Gasteiger partial charge is 0.227 e. The van der Waals surface area contributed by atoms with E-state index in [-0.39, 0.29) is 42.2 Å². The minimum atomic E-state index is -0.0178. The van der Waals surface area contributed by atoms with E-state index in [9.17, 15) is 4.79 Å². The van der Waals surface area contributed by atoms with Crippen molar-refractivity contribution in [3.63, 3.8) is 0 Å². The first-order valence-corrected chi connectivity index (χ1v) is 10.7. The summed E-state index contributed by atoms with van der Waals surface area (Å²) in [5.41, 5.74) is 9.56. The van der Waals surface area contributed by atoms with Gasteiger partial charge in [-0.2, -0.15) is 0 Å². The molecule has 184 valence electrons. The van der Waals surface area contributed by atoms with Gasteiger partial charge in [-0.3, -0.25) is 10.2 Å². The Hall–Kier alpha value is -1.91. The molecule has 1 aromatic carbocycles. The highest BCUT2D eigenvalue weighted by atomic mass is 35.5. The Labute approximate surface area is 196 Å². The highest BCUT2D eigenvalue weighted by Crippen LogP contribution is 2.42. The second-order valence-corrected chi connectivity index (χ2v) is 9.57. The first-order chi connectivity index (χ1) is 13.7. The van der Waals surface area contributed by atoms with Gasteiger partial charge in [0.1, 0.15) is 5.84 Å². The molecule has 8 N–H and O–H groups in total. The number of hydrogen-bond donors (Lipinski definition) is 4. The molecule has 0 aliphatic carbocycles. The molecule has 9 nitrogen and oxygen atoms in total. The van der Waals surface area contributed by atoms with Gasteiger partial charge in [0, 0.05) is 24.2 Å². The molecular formula is C22H41ClN6O3. The van der Waals surface area contributed by atoms with Crippen LogP contribution in [0.15, 0.2) is 29.4 Å². The minimum Gasteiger partial charge on any atom is -0.412 e. The van der Waals surface area contributed by atoms with Gasteiger partial charge >= 0.3 is 0 Å². The van der Waals surface area contributed by atoms with E-state index in [0.29, 0.717) is 17.7 Å². The Kier molecular flexibility index (Phi) is 12.2. The highest BCUT2D eigenvalue weighted by Gasteiger charge is 2.37. The molecule has 3 rings (SSSR count). The third kappa shape index (κ3) is 7.90. The van der Waals surface area contributed by atoms with E-state index < -0.39 is 0 Å². The monoisotopic (exact) mass is 472 g/mol. The van der Waals surface area contributed by atoms with Gasteiger partial charge in [0.05, 0.1) is 6.42 Å². The van der Waals surface area contributed by atoms with Gasteiger partial charge in [-0.1, -0.05) is 58.9 Å². The van der Waals surface area contributed by atoms with Crippen LogP contribution in [-0.2, 0) is 4.79 Å². The molecule has 1 fully saturated rings. The topological polar surface area (TPSA) is 144 Å². The third-order valence-corrected chi connectivity index (χ3v) is 6.22. The summed E-state index contributed by atoms with van der Waals surface area (Å²) in [5, 5.41) is 7.95. The number of nitrogens with zero attached hydrogens (tertiary/aromatic N) is 2. The van der Waals surface area contributed by atoms with Crippen molar-refractivity contribution in [2.75, 3.05) is 19.6 Å². The van der Waals surface area contributed by atoms with Crippen LogP contribution in [0.5, 0.6) is 0 Å². The molecule has 1 amide bonds. The van der Waals surface area contributed by atoms with Crippen molar-refractivity contribution in [3.05, 3.63) is 34.9 Å². The van der Waals surface area contributed by atoms with Crippen LogP contribution in [0.25, 0.3) is 0 Å². The number of hydrogen-bond acceptors (Lipinski definition) is 6. The lowest BCUT2D eigenvalue weighted by molar-refractivity contribution is -0.121. The Morgan fingerprint density at radius 1 is 1.28 bits per heavy atom. The predicted molar refractivity (Wildman–Crippen MR) is 131 cm³/mol. The van der Waals surface area contributed by atoms with Crippen molar-refractivity contribution in [1.29, 1.82) is 0 Å². The number of hydrazine groups is 2. The molecule has 0 spiro atoms. The van der Waals surface area contributed by atoms with Crippen LogP contribution in [0.1, 0.15) is 59.4 Å². The molecule has 0 aromatic heterocycles. The fourth-order valence-corrected chi connectivity index (χ4v) is 4.48. The molecule has 0 saturated carbocycles. The number of hydrazone groups is 1. The fraction of sp³-hybridized carbons (Fsp3) is 0.636. The summed E-state index contributed by atoms with van der Waals surface area (Å²) in [7, 11) is 0. The van der Waals surface area contributed by atoms with E-state index in [2.05, 4.69) is 71.6 Å². The van der Waals surface area contributed by atoms with Gasteiger partial charge in [0.2, 0.25) is 5.91 Å². The van der Waals surface area contributed by atoms with Gasteiger partial charge in [-0.05, 0) is 47.9 Å². The quantitative estimate of drug-likeness (QED) is 0.476. The van der Waals surface area contributed by atoms with E-state index in [1.807, 2.05) is 12.1 Å². The van der Waals surface area contributed by atoms with E-state index in [1.54, 1.807) is 0 Å². The summed E-state index contributed by atoms with van der Waals surface area (Å²) in [5.74, 6) is 1.44. The first-order valence-electron chi connectivity index (χ1n) is 10.3. The lowest BCUT2D eigenvalue weighted by Crippen LogP contribution is -2.52. The number of nitrogens with one attached hydrogen (secondary N) is 4. The van der Waals surface area contributed by atoms with Crippen LogP contribution in [0.2, 0.25) is 5.02 Å². The van der Waals surface area contributed by atoms with Gasteiger partial charge in [0.25, 0.3) is 0 Å². The second kappa shape index (κ2) is 13.0. The Balaban J connectivity index is 0.00000320. The van der Waals surface area contributed by atoms with Crippen LogP contribution in [0.3, 0.4) is 0 Å². The largest absolute Gasteiger partial charge is 0.412 e. The zero-order valence-corrected chi connectivity index (χ0v) is 19.5. The normalized spacial score (nSPS) is 20.4. The number of carbonyl (C=O) groups excluding carboxylic acids is 1. The van der Waals surface area contributed by atoms with Crippen LogP contribution in [0.4, 0.5) is 0 Å². The Morgan fingerprint density at radius 3 is 2.47 bits per heavy atom. The first kappa shape index (κ1) is 30.1. The maximum absolute atomic E-state index is 12.4. The van der Waals surface area contributed by atoms with E-state index in [1.165, 1.54) is 5.56 Å². The van der Waals surface area contributed by atoms with Crippen molar-refractivity contribution in [1.82, 2.24) is 26.7 Å². The molecule has 1 saturated heterocycles. The van der Waals surface area contributed by atoms with Crippen LogP contribution in [-0.4, -0.2) is 53.3 Å². The zero-order valence-electron chi connectivity index (χ0n) is 18.8. The molecular weight excluding hydrogens is 432 g/mol. The van der Waals surface area contributed by atoms with Crippen molar-refractivity contribution < 1.29 is 15.7 Å². The van der Waals surface area contributed by atoms with Gasteiger partial charge < -0.3 is 21.2 Å². The molecule has 2 aliphatic heterocycles. The predicted octanol–water partition coefficient (Wildman–Crippen LogP) is 1.60. The SMILES string of the molecule is C.CC(C)[C@H](CN1CC[C@H](c2ccc(Cl)cc2)C(C)(C)C1)NC(=O)CC1=NNNN1.O.O. The summed E-state index contributed by atoms with van der Waals surface area (Å²) in [6, 6.07) is 8.39. The number of benzene rings is 1. The number of amides is 1. The van der Waals surface area contributed by atoms with Gasteiger partial charge in [-0.25, -0.2) is 5.53 Å². The molecule has 32 heavy (non-hydrogen) atoms. The van der Waals surface area contributed by atoms with Crippen molar-refractivity contribution in [2.45, 2.75) is 59.9 Å². The highest BCUT2D eigenvalue weighted by molar-refractivity contribution is 6.30. The van der Waals surface area contributed by atoms with Crippen molar-refractivity contribution in [2.24, 2.45) is 16.4 Å². The maximum atomic E-state index is 12.4. The summed E-state index contributed by atoms with van der Waals surface area (Å²) >= 11 is 6.07. The molecule has 1 aromatic rings. The van der Waals surface area contributed by atoms with Crippen LogP contribution < -0.4 is 21.8 Å². The summed E-state index contributed by atoms with van der Waals surface area (Å²) in [4.78, 5) is 14.9. The van der Waals surface area contributed by atoms with Crippen molar-refractivity contribution >= 4 is 23.3 Å². The second-order valence-electron chi connectivity index (χ2n) is 9.13. The average Bonchev–Trinajstić information content (AvgIpc) is 3.14. The van der Waals surface area contributed by atoms with E-state index in [0.717, 1.165) is 31.1 Å². The Morgan fingerprint density at radius 2 is 1.94 bits per heavy atom. The molecule has 2 atom stereocenters. The molecule has 2 aliphatic rings. The lowest BCUT2D eigenvalue weighted by Gasteiger charge is -2.46. The van der Waals surface area contributed by atoms with Crippen LogP contribution >= 0.6 is 11.6 Å². The zero-order chi connectivity index (χ0) is 21.0. The molecule has 0 bridgehead atoms. The number of carbonyl (C=O) groups is 1. The van der Waals surface area contributed by atoms with Gasteiger partial charge in [-0.15, -0.1) is 10.6 Å². The molecule has 2 heterocycles. The summed E-state index contributed by atoms with van der Waals surface area (Å²) < 4.78 is 0. The minimum absolute atomic E-state index is 0. The fourth-order valence-electron chi connectivity index (χ4n) is 4.36. The van der Waals surface area contributed by atoms with E-state index >= 15 is 0 Å². The van der Waals surface area contributed by atoms with Crippen LogP contribution in [0, 0.1) is 11.3 Å². The lowest BCUT2D eigenvalue weighted by atomic mass is 9.70. The Bertz CT molecular complexity index is 742. The number of piperidine rings is 1. The third-order valence-electron chi connectivity index (χ3n) is 5.97. The average molecular weight is 473 g/mol. The van der Waals surface area contributed by atoms with E-state index in [4.69, 9.17) is 11.6 Å². The number of rotatable bonds is 7. The number of halogens is 1. The van der Waals surface area contributed by atoms with Crippen molar-refractivity contribution in [3.8, 4) is 0 Å². The van der Waals surface area contributed by atoms with Gasteiger partial charge in [0.15, 0.2) is 0 Å². The summed E-state index contributed by atoms with van der Waals surface area (Å²) in [6.45, 7) is 11.9.